The number of sulfonamides is 1. The lowest BCUT2D eigenvalue weighted by Gasteiger charge is -2.17. The summed E-state index contributed by atoms with van der Waals surface area (Å²) in [7, 11) is -3.85. The Morgan fingerprint density at radius 2 is 1.80 bits per heavy atom. The molecule has 3 N–H and O–H groups in total. The van der Waals surface area contributed by atoms with E-state index in [0.717, 1.165) is 18.2 Å². The molecule has 0 amide bonds. The van der Waals surface area contributed by atoms with E-state index in [1.807, 2.05) is 0 Å². The fourth-order valence-corrected chi connectivity index (χ4v) is 2.64. The van der Waals surface area contributed by atoms with Crippen molar-refractivity contribution >= 4 is 21.5 Å². The minimum Gasteiger partial charge on any atom is -0.382 e. The van der Waals surface area contributed by atoms with Gasteiger partial charge in [-0.1, -0.05) is 6.07 Å². The lowest BCUT2D eigenvalue weighted by atomic mass is 10.0. The van der Waals surface area contributed by atoms with Crippen LogP contribution in [-0.2, 0) is 16.2 Å². The summed E-state index contributed by atoms with van der Waals surface area (Å²) in [6.07, 6.45) is -4.61. The molecule has 136 valence electrons. The van der Waals surface area contributed by atoms with E-state index in [-0.39, 0.29) is 22.8 Å². The highest BCUT2D eigenvalue weighted by molar-refractivity contribution is 7.93. The van der Waals surface area contributed by atoms with Gasteiger partial charge in [0, 0.05) is 5.56 Å². The summed E-state index contributed by atoms with van der Waals surface area (Å²) in [5.41, 5.74) is 5.35. The molecule has 0 radical (unpaired) electrons. The Morgan fingerprint density at radius 1 is 1.16 bits per heavy atom. The highest BCUT2D eigenvalue weighted by Crippen LogP contribution is 2.36. The third-order valence-corrected chi connectivity index (χ3v) is 5.26. The first-order valence-electron chi connectivity index (χ1n) is 7.25. The molecule has 0 spiro atoms. The van der Waals surface area contributed by atoms with Crippen LogP contribution in [0.3, 0.4) is 0 Å². The zero-order valence-corrected chi connectivity index (χ0v) is 14.5. The number of benzene rings is 1. The molecule has 6 nitrogen and oxygen atoms in total. The monoisotopic (exact) mass is 374 g/mol. The van der Waals surface area contributed by atoms with Gasteiger partial charge in [-0.25, -0.2) is 8.42 Å². The Morgan fingerprint density at radius 3 is 2.32 bits per heavy atom. The Hall–Kier alpha value is -2.36. The molecule has 1 aromatic carbocycles. The molecular formula is C15H17F3N4O2S. The van der Waals surface area contributed by atoms with Crippen molar-refractivity contribution in [3.63, 3.8) is 0 Å². The topological polar surface area (TPSA) is 98.0 Å². The molecule has 0 unspecified atom stereocenters. The average Bonchev–Trinajstić information content (AvgIpc) is 2.48. The lowest BCUT2D eigenvalue weighted by Crippen LogP contribution is -2.23. The van der Waals surface area contributed by atoms with Crippen LogP contribution in [-0.4, -0.2) is 23.9 Å². The molecule has 2 rings (SSSR count). The van der Waals surface area contributed by atoms with Gasteiger partial charge in [0.15, 0.2) is 0 Å². The smallest absolute Gasteiger partial charge is 0.382 e. The molecule has 0 aliphatic carbocycles. The Balaban J connectivity index is 2.64. The number of halogens is 3. The third kappa shape index (κ3) is 4.19. The summed E-state index contributed by atoms with van der Waals surface area (Å²) in [6, 6.07) is 4.28. The maximum atomic E-state index is 13.0. The summed E-state index contributed by atoms with van der Waals surface area (Å²) in [4.78, 5) is 0. The summed E-state index contributed by atoms with van der Waals surface area (Å²) >= 11 is 0. The molecule has 0 bridgehead atoms. The molecule has 2 aromatic rings. The van der Waals surface area contributed by atoms with E-state index in [9.17, 15) is 21.6 Å². The fourth-order valence-electron chi connectivity index (χ4n) is 1.93. The van der Waals surface area contributed by atoms with Crippen molar-refractivity contribution in [3.05, 3.63) is 35.4 Å². The minimum absolute atomic E-state index is 0.174. The van der Waals surface area contributed by atoms with Crippen molar-refractivity contribution in [1.82, 2.24) is 10.2 Å². The number of aryl methyl sites for hydroxylation is 1. The van der Waals surface area contributed by atoms with Crippen LogP contribution in [0, 0.1) is 6.92 Å². The summed E-state index contributed by atoms with van der Waals surface area (Å²) < 4.78 is 65.4. The summed E-state index contributed by atoms with van der Waals surface area (Å²) in [5.74, 6) is 0.181. The number of anilines is 2. The van der Waals surface area contributed by atoms with Crippen molar-refractivity contribution in [1.29, 1.82) is 0 Å². The van der Waals surface area contributed by atoms with E-state index >= 15 is 0 Å². The van der Waals surface area contributed by atoms with Crippen molar-refractivity contribution in [2.24, 2.45) is 0 Å². The number of nitrogens with zero attached hydrogens (tertiary/aromatic N) is 2. The van der Waals surface area contributed by atoms with Gasteiger partial charge < -0.3 is 5.73 Å². The Bertz CT molecular complexity index is 896. The SMILES string of the molecule is Cc1cc(-c2ccc(C(F)(F)F)cc2NS(=O)(=O)C(C)C)nnc1N. The fraction of sp³-hybridized carbons (Fsp3) is 0.333. The van der Waals surface area contributed by atoms with E-state index in [4.69, 9.17) is 5.73 Å². The molecule has 25 heavy (non-hydrogen) atoms. The third-order valence-electron chi connectivity index (χ3n) is 3.52. The highest BCUT2D eigenvalue weighted by atomic mass is 32.2. The summed E-state index contributed by atoms with van der Waals surface area (Å²) in [6.45, 7) is 4.50. The molecule has 0 aliphatic rings. The first-order valence-corrected chi connectivity index (χ1v) is 8.79. The quantitative estimate of drug-likeness (QED) is 0.856. The summed E-state index contributed by atoms with van der Waals surface area (Å²) in [5, 5.41) is 6.75. The molecule has 0 saturated carbocycles. The largest absolute Gasteiger partial charge is 0.416 e. The molecule has 0 atom stereocenters. The normalized spacial score (nSPS) is 12.4. The van der Waals surface area contributed by atoms with Crippen LogP contribution in [0.15, 0.2) is 24.3 Å². The maximum Gasteiger partial charge on any atom is 0.416 e. The molecule has 10 heteroatoms. The van der Waals surface area contributed by atoms with Gasteiger partial charge in [0.25, 0.3) is 0 Å². The number of nitrogens with two attached hydrogens (primary N) is 1. The number of alkyl halides is 3. The maximum absolute atomic E-state index is 13.0. The van der Waals surface area contributed by atoms with E-state index in [1.54, 1.807) is 6.92 Å². The predicted octanol–water partition coefficient (Wildman–Crippen LogP) is 3.20. The van der Waals surface area contributed by atoms with Gasteiger partial charge in [-0.2, -0.15) is 13.2 Å². The average molecular weight is 374 g/mol. The van der Waals surface area contributed by atoms with E-state index in [0.29, 0.717) is 5.56 Å². The Labute approximate surface area is 143 Å². The number of hydrogen-bond donors (Lipinski definition) is 2. The van der Waals surface area contributed by atoms with Crippen molar-refractivity contribution < 1.29 is 21.6 Å². The van der Waals surface area contributed by atoms with E-state index in [1.165, 1.54) is 19.9 Å². The first kappa shape index (κ1) is 19.0. The van der Waals surface area contributed by atoms with Crippen molar-refractivity contribution in [2.75, 3.05) is 10.5 Å². The molecule has 0 saturated heterocycles. The standard InChI is InChI=1S/C15H17F3N4O2S/c1-8(2)25(23,24)22-13-7-10(15(16,17)18)4-5-11(13)12-6-9(3)14(19)21-20-12/h4-8,22H,1-3H3,(H2,19,21). The second-order valence-electron chi connectivity index (χ2n) is 5.75. The van der Waals surface area contributed by atoms with Gasteiger partial charge >= 0.3 is 6.18 Å². The van der Waals surface area contributed by atoms with Gasteiger partial charge in [0.05, 0.1) is 22.2 Å². The van der Waals surface area contributed by atoms with E-state index in [2.05, 4.69) is 14.9 Å². The van der Waals surface area contributed by atoms with Gasteiger partial charge in [0.2, 0.25) is 10.0 Å². The molecule has 1 aromatic heterocycles. The van der Waals surface area contributed by atoms with Crippen LogP contribution in [0.5, 0.6) is 0 Å². The number of nitrogens with one attached hydrogen (secondary N) is 1. The number of rotatable bonds is 4. The van der Waals surface area contributed by atoms with E-state index < -0.39 is 27.0 Å². The second kappa shape index (κ2) is 6.51. The van der Waals surface area contributed by atoms with Crippen molar-refractivity contribution in [3.8, 4) is 11.3 Å². The molecule has 0 fully saturated rings. The van der Waals surface area contributed by atoms with Crippen LogP contribution in [0.2, 0.25) is 0 Å². The second-order valence-corrected chi connectivity index (χ2v) is 7.99. The minimum atomic E-state index is -4.61. The zero-order valence-electron chi connectivity index (χ0n) is 13.7. The van der Waals surface area contributed by atoms with Gasteiger partial charge in [-0.3, -0.25) is 4.72 Å². The van der Waals surface area contributed by atoms with Gasteiger partial charge in [0.1, 0.15) is 5.82 Å². The zero-order chi connectivity index (χ0) is 19.0. The van der Waals surface area contributed by atoms with Crippen molar-refractivity contribution in [2.45, 2.75) is 32.2 Å². The number of aromatic nitrogens is 2. The van der Waals surface area contributed by atoms with Crippen LogP contribution < -0.4 is 10.5 Å². The number of hydrogen-bond acceptors (Lipinski definition) is 5. The lowest BCUT2D eigenvalue weighted by molar-refractivity contribution is -0.137. The van der Waals surface area contributed by atoms with Gasteiger partial charge in [-0.05, 0) is 44.5 Å². The van der Waals surface area contributed by atoms with Crippen LogP contribution in [0.4, 0.5) is 24.7 Å². The Kier molecular flexibility index (Phi) is 4.94. The highest BCUT2D eigenvalue weighted by Gasteiger charge is 2.32. The molecule has 0 aliphatic heterocycles. The first-order chi connectivity index (χ1) is 11.4. The van der Waals surface area contributed by atoms with Crippen LogP contribution in [0.1, 0.15) is 25.0 Å². The molecule has 1 heterocycles. The van der Waals surface area contributed by atoms with Gasteiger partial charge in [-0.15, -0.1) is 10.2 Å². The predicted molar refractivity (Wildman–Crippen MR) is 89.3 cm³/mol. The molecular weight excluding hydrogens is 357 g/mol. The van der Waals surface area contributed by atoms with Crippen LogP contribution >= 0.6 is 0 Å². The number of nitrogen functional groups attached to an aromatic ring is 1. The van der Waals surface area contributed by atoms with Crippen LogP contribution in [0.25, 0.3) is 11.3 Å².